The van der Waals surface area contributed by atoms with Crippen molar-refractivity contribution in [3.63, 3.8) is 0 Å². The summed E-state index contributed by atoms with van der Waals surface area (Å²) in [6, 6.07) is 22.6. The fourth-order valence-corrected chi connectivity index (χ4v) is 6.00. The molecule has 0 saturated carbocycles. The van der Waals surface area contributed by atoms with Crippen LogP contribution in [0, 0.1) is 0 Å². The van der Waals surface area contributed by atoms with Crippen molar-refractivity contribution in [2.45, 2.75) is 57.2 Å². The molecule has 2 atom stereocenters. The molecular formula is C36H46N2O6. The minimum Gasteiger partial charge on any atom is -0.494 e. The number of carbonyl (C=O) groups excluding carboxylic acids is 1. The highest BCUT2D eigenvalue weighted by Gasteiger charge is 2.28. The zero-order valence-corrected chi connectivity index (χ0v) is 26.1. The van der Waals surface area contributed by atoms with Crippen molar-refractivity contribution in [3.05, 3.63) is 83.4 Å². The lowest BCUT2D eigenvalue weighted by Crippen LogP contribution is -2.41. The molecule has 2 aliphatic heterocycles. The van der Waals surface area contributed by atoms with Crippen LogP contribution in [0.1, 0.15) is 54.7 Å². The highest BCUT2D eigenvalue weighted by Crippen LogP contribution is 2.32. The first-order valence-corrected chi connectivity index (χ1v) is 15.9. The molecule has 0 aliphatic carbocycles. The Hall–Kier alpha value is -3.59. The summed E-state index contributed by atoms with van der Waals surface area (Å²) in [4.78, 5) is 14.6. The molecule has 2 aliphatic rings. The number of unbranched alkanes of at least 4 members (excludes halogenated alkanes) is 1. The van der Waals surface area contributed by atoms with Crippen molar-refractivity contribution in [1.82, 2.24) is 5.32 Å². The summed E-state index contributed by atoms with van der Waals surface area (Å²) in [7, 11) is 3.35. The molecule has 0 radical (unpaired) electrons. The van der Waals surface area contributed by atoms with Gasteiger partial charge >= 0.3 is 0 Å². The van der Waals surface area contributed by atoms with Gasteiger partial charge in [-0.25, -0.2) is 0 Å². The van der Waals surface area contributed by atoms with Crippen LogP contribution in [-0.4, -0.2) is 65.7 Å². The van der Waals surface area contributed by atoms with E-state index >= 15 is 0 Å². The summed E-state index contributed by atoms with van der Waals surface area (Å²) in [6.07, 6.45) is 5.07. The first-order valence-electron chi connectivity index (χ1n) is 15.9. The minimum atomic E-state index is 0.0641. The smallest absolute Gasteiger partial charge is 0.227 e. The topological polar surface area (TPSA) is 78.5 Å². The van der Waals surface area contributed by atoms with Gasteiger partial charge in [-0.3, -0.25) is 4.79 Å². The van der Waals surface area contributed by atoms with Crippen molar-refractivity contribution in [2.75, 3.05) is 58.6 Å². The monoisotopic (exact) mass is 602 g/mol. The van der Waals surface area contributed by atoms with Gasteiger partial charge in [0.15, 0.2) is 11.5 Å². The first-order chi connectivity index (χ1) is 21.7. The molecule has 44 heavy (non-hydrogen) atoms. The minimum absolute atomic E-state index is 0.0641. The second-order valence-electron chi connectivity index (χ2n) is 11.4. The van der Waals surface area contributed by atoms with E-state index in [1.165, 1.54) is 11.1 Å². The number of fused-ring (bicyclic) bond motifs is 1. The van der Waals surface area contributed by atoms with Crippen LogP contribution in [0.4, 0.5) is 5.69 Å². The van der Waals surface area contributed by atoms with E-state index in [0.29, 0.717) is 45.3 Å². The summed E-state index contributed by atoms with van der Waals surface area (Å²) in [6.45, 7) is 4.88. The van der Waals surface area contributed by atoms with Gasteiger partial charge in [-0.1, -0.05) is 36.4 Å². The number of nitrogens with zero attached hydrogens (tertiary/aromatic N) is 1. The SMILES string of the molecule is COCCCN1C(=O)CCc2ccc(COC3CNCCC3c3ccc(OCCCCOc4ccccc4OC)cc3)cc21. The van der Waals surface area contributed by atoms with E-state index in [9.17, 15) is 4.79 Å². The number of hydrogen-bond acceptors (Lipinski definition) is 7. The number of amides is 1. The number of rotatable bonds is 16. The van der Waals surface area contributed by atoms with E-state index in [1.54, 1.807) is 14.2 Å². The lowest BCUT2D eigenvalue weighted by molar-refractivity contribution is -0.118. The van der Waals surface area contributed by atoms with Crippen LogP contribution in [0.25, 0.3) is 0 Å². The van der Waals surface area contributed by atoms with Crippen molar-refractivity contribution >= 4 is 11.6 Å². The highest BCUT2D eigenvalue weighted by molar-refractivity contribution is 5.96. The normalized spacial score (nSPS) is 18.1. The Kier molecular flexibility index (Phi) is 11.9. The zero-order chi connectivity index (χ0) is 30.6. The quantitative estimate of drug-likeness (QED) is 0.204. The molecule has 3 aromatic rings. The number of methoxy groups -OCH3 is 2. The number of benzene rings is 3. The highest BCUT2D eigenvalue weighted by atomic mass is 16.5. The Morgan fingerprint density at radius 2 is 1.66 bits per heavy atom. The van der Waals surface area contributed by atoms with E-state index in [0.717, 1.165) is 73.7 Å². The van der Waals surface area contributed by atoms with E-state index < -0.39 is 0 Å². The number of ether oxygens (including phenoxy) is 5. The Bertz CT molecular complexity index is 1330. The molecule has 3 aromatic carbocycles. The van der Waals surface area contributed by atoms with Gasteiger partial charge < -0.3 is 33.9 Å². The van der Waals surface area contributed by atoms with Gasteiger partial charge in [-0.05, 0) is 85.7 Å². The van der Waals surface area contributed by atoms with Crippen LogP contribution in [0.5, 0.6) is 17.2 Å². The largest absolute Gasteiger partial charge is 0.494 e. The van der Waals surface area contributed by atoms with Crippen molar-refractivity contribution in [1.29, 1.82) is 0 Å². The summed E-state index contributed by atoms with van der Waals surface area (Å²) in [5.74, 6) is 2.90. The lowest BCUT2D eigenvalue weighted by Gasteiger charge is -2.33. The number of para-hydroxylation sites is 2. The predicted octanol–water partition coefficient (Wildman–Crippen LogP) is 5.91. The average Bonchev–Trinajstić information content (AvgIpc) is 3.07. The van der Waals surface area contributed by atoms with Crippen LogP contribution in [-0.2, 0) is 27.3 Å². The molecule has 1 amide bonds. The summed E-state index contributed by atoms with van der Waals surface area (Å²) in [5.41, 5.74) is 4.62. The third-order valence-electron chi connectivity index (χ3n) is 8.41. The Labute approximate surface area is 261 Å². The number of piperidine rings is 1. The van der Waals surface area contributed by atoms with E-state index in [2.05, 4.69) is 47.8 Å². The van der Waals surface area contributed by atoms with E-state index in [1.807, 2.05) is 29.2 Å². The van der Waals surface area contributed by atoms with Gasteiger partial charge in [0, 0.05) is 44.8 Å². The number of hydrogen-bond donors (Lipinski definition) is 1. The molecule has 1 N–H and O–H groups in total. The standard InChI is InChI=1S/C36H46N2O6/c1-40-21-7-20-38-32-24-27(10-11-29(32)14-17-36(38)39)26-44-35-25-37-19-18-31(35)28-12-15-30(16-13-28)42-22-5-6-23-43-34-9-4-3-8-33(34)41-2/h3-4,8-13,15-16,24,31,35,37H,5-7,14,17-23,25-26H2,1-2H3. The van der Waals surface area contributed by atoms with Gasteiger partial charge in [0.2, 0.25) is 5.91 Å². The average molecular weight is 603 g/mol. The Balaban J connectivity index is 1.10. The third kappa shape index (κ3) is 8.52. The number of aryl methyl sites for hydroxylation is 1. The molecule has 1 saturated heterocycles. The molecule has 0 bridgehead atoms. The molecule has 0 aromatic heterocycles. The van der Waals surface area contributed by atoms with Crippen LogP contribution in [0.15, 0.2) is 66.7 Å². The number of nitrogens with one attached hydrogen (secondary N) is 1. The van der Waals surface area contributed by atoms with E-state index in [4.69, 9.17) is 23.7 Å². The maximum atomic E-state index is 12.7. The Morgan fingerprint density at radius 3 is 2.45 bits per heavy atom. The molecule has 8 heteroatoms. The fourth-order valence-electron chi connectivity index (χ4n) is 6.00. The molecule has 236 valence electrons. The maximum absolute atomic E-state index is 12.7. The second kappa shape index (κ2) is 16.5. The fraction of sp³-hybridized carbons (Fsp3) is 0.472. The van der Waals surface area contributed by atoms with Crippen molar-refractivity contribution < 1.29 is 28.5 Å². The van der Waals surface area contributed by atoms with Crippen molar-refractivity contribution in [3.8, 4) is 17.2 Å². The number of carbonyl (C=O) groups is 1. The second-order valence-corrected chi connectivity index (χ2v) is 11.4. The molecule has 2 unspecified atom stereocenters. The van der Waals surface area contributed by atoms with Crippen molar-refractivity contribution in [2.24, 2.45) is 0 Å². The van der Waals surface area contributed by atoms with Crippen LogP contribution >= 0.6 is 0 Å². The van der Waals surface area contributed by atoms with Gasteiger partial charge in [-0.15, -0.1) is 0 Å². The maximum Gasteiger partial charge on any atom is 0.227 e. The van der Waals surface area contributed by atoms with Gasteiger partial charge in [-0.2, -0.15) is 0 Å². The molecule has 1 fully saturated rings. The van der Waals surface area contributed by atoms with Gasteiger partial charge in [0.1, 0.15) is 5.75 Å². The zero-order valence-electron chi connectivity index (χ0n) is 26.1. The summed E-state index contributed by atoms with van der Waals surface area (Å²) >= 11 is 0. The first kappa shape index (κ1) is 31.8. The van der Waals surface area contributed by atoms with E-state index in [-0.39, 0.29) is 12.0 Å². The van der Waals surface area contributed by atoms with Crippen LogP contribution < -0.4 is 24.4 Å². The third-order valence-corrected chi connectivity index (χ3v) is 8.41. The molecule has 8 nitrogen and oxygen atoms in total. The number of anilines is 1. The predicted molar refractivity (Wildman–Crippen MR) is 172 cm³/mol. The molecule has 5 rings (SSSR count). The molecular weight excluding hydrogens is 556 g/mol. The van der Waals surface area contributed by atoms with Gasteiger partial charge in [0.05, 0.1) is 33.0 Å². The summed E-state index contributed by atoms with van der Waals surface area (Å²) < 4.78 is 28.9. The molecule has 0 spiro atoms. The summed E-state index contributed by atoms with van der Waals surface area (Å²) in [5, 5.41) is 3.50. The lowest BCUT2D eigenvalue weighted by atomic mass is 9.87. The Morgan fingerprint density at radius 1 is 0.864 bits per heavy atom. The van der Waals surface area contributed by atoms with Crippen LogP contribution in [0.3, 0.4) is 0 Å². The molecule has 2 heterocycles. The van der Waals surface area contributed by atoms with Gasteiger partial charge in [0.25, 0.3) is 0 Å². The van der Waals surface area contributed by atoms with Crippen LogP contribution in [0.2, 0.25) is 0 Å².